The summed E-state index contributed by atoms with van der Waals surface area (Å²) >= 11 is 0. The predicted molar refractivity (Wildman–Crippen MR) is 69.3 cm³/mol. The van der Waals surface area contributed by atoms with Crippen molar-refractivity contribution in [2.24, 2.45) is 0 Å². The van der Waals surface area contributed by atoms with E-state index in [-0.39, 0.29) is 5.97 Å². The number of pyridine rings is 1. The van der Waals surface area contributed by atoms with Gasteiger partial charge in [0.15, 0.2) is 0 Å². The van der Waals surface area contributed by atoms with Crippen LogP contribution in [0, 0.1) is 6.92 Å². The summed E-state index contributed by atoms with van der Waals surface area (Å²) in [7, 11) is 1.40. The second kappa shape index (κ2) is 5.45. The van der Waals surface area contributed by atoms with Crippen LogP contribution in [0.3, 0.4) is 0 Å². The van der Waals surface area contributed by atoms with E-state index in [0.717, 1.165) is 11.1 Å². The number of carbonyl (C=O) groups excluding carboxylic acids is 1. The Morgan fingerprint density at radius 3 is 2.44 bits per heavy atom. The molecule has 0 aliphatic heterocycles. The lowest BCUT2D eigenvalue weighted by Crippen LogP contribution is -2.16. The summed E-state index contributed by atoms with van der Waals surface area (Å²) in [5.74, 6) is -0.755. The van der Waals surface area contributed by atoms with Crippen molar-refractivity contribution in [3.63, 3.8) is 0 Å². The van der Waals surface area contributed by atoms with Gasteiger partial charge in [-0.15, -0.1) is 0 Å². The maximum absolute atomic E-state index is 11.9. The lowest BCUT2D eigenvalue weighted by molar-refractivity contribution is -0.141. The first-order chi connectivity index (χ1) is 8.72. The lowest BCUT2D eigenvalue weighted by Gasteiger charge is -2.14. The third kappa shape index (κ3) is 2.56. The van der Waals surface area contributed by atoms with E-state index in [1.54, 1.807) is 6.20 Å². The Kier molecular flexibility index (Phi) is 3.72. The van der Waals surface area contributed by atoms with Crippen molar-refractivity contribution in [1.29, 1.82) is 0 Å². The molecular weight excluding hydrogens is 226 g/mol. The first-order valence-electron chi connectivity index (χ1n) is 5.77. The number of hydrogen-bond acceptors (Lipinski definition) is 3. The third-order valence-corrected chi connectivity index (χ3v) is 2.83. The van der Waals surface area contributed by atoms with Crippen LogP contribution in [0.25, 0.3) is 0 Å². The Morgan fingerprint density at radius 1 is 1.17 bits per heavy atom. The van der Waals surface area contributed by atoms with Gasteiger partial charge in [0.25, 0.3) is 0 Å². The average molecular weight is 241 g/mol. The van der Waals surface area contributed by atoms with Crippen LogP contribution in [0.5, 0.6) is 0 Å². The maximum Gasteiger partial charge on any atom is 0.319 e. The van der Waals surface area contributed by atoms with Gasteiger partial charge in [0.05, 0.1) is 12.8 Å². The number of esters is 1. The SMILES string of the molecule is COC(=O)C(c1ccc(C)cc1)c1ccccn1. The molecule has 1 unspecified atom stereocenters. The Balaban J connectivity index is 2.43. The summed E-state index contributed by atoms with van der Waals surface area (Å²) in [4.78, 5) is 16.2. The van der Waals surface area contributed by atoms with E-state index in [0.29, 0.717) is 5.69 Å². The molecule has 0 saturated heterocycles. The normalized spacial score (nSPS) is 11.9. The Bertz CT molecular complexity index is 520. The number of hydrogen-bond donors (Lipinski definition) is 0. The number of methoxy groups -OCH3 is 1. The Morgan fingerprint density at radius 2 is 1.89 bits per heavy atom. The van der Waals surface area contributed by atoms with Crippen LogP contribution < -0.4 is 0 Å². The van der Waals surface area contributed by atoms with Gasteiger partial charge in [-0.05, 0) is 24.6 Å². The van der Waals surface area contributed by atoms with Gasteiger partial charge in [-0.2, -0.15) is 0 Å². The van der Waals surface area contributed by atoms with Gasteiger partial charge in [0, 0.05) is 6.20 Å². The molecule has 1 heterocycles. The van der Waals surface area contributed by atoms with Crippen molar-refractivity contribution in [1.82, 2.24) is 4.98 Å². The summed E-state index contributed by atoms with van der Waals surface area (Å²) in [6, 6.07) is 13.4. The molecular formula is C15H15NO2. The minimum Gasteiger partial charge on any atom is -0.468 e. The Hall–Kier alpha value is -2.16. The van der Waals surface area contributed by atoms with Crippen molar-refractivity contribution in [3.05, 3.63) is 65.5 Å². The van der Waals surface area contributed by atoms with Gasteiger partial charge in [-0.1, -0.05) is 35.9 Å². The second-order valence-corrected chi connectivity index (χ2v) is 4.12. The first kappa shape index (κ1) is 12.3. The molecule has 2 aromatic rings. The zero-order valence-corrected chi connectivity index (χ0v) is 10.5. The van der Waals surface area contributed by atoms with Crippen molar-refractivity contribution in [2.75, 3.05) is 7.11 Å². The molecule has 2 rings (SSSR count). The summed E-state index contributed by atoms with van der Waals surface area (Å²) < 4.78 is 4.87. The first-order valence-corrected chi connectivity index (χ1v) is 5.77. The van der Waals surface area contributed by atoms with Gasteiger partial charge in [-0.25, -0.2) is 0 Å². The number of carbonyl (C=O) groups is 1. The largest absolute Gasteiger partial charge is 0.468 e. The van der Waals surface area contributed by atoms with Crippen LogP contribution in [0.1, 0.15) is 22.7 Å². The molecule has 0 fully saturated rings. The summed E-state index contributed by atoms with van der Waals surface area (Å²) in [5, 5.41) is 0. The van der Waals surface area contributed by atoms with Crippen molar-refractivity contribution >= 4 is 5.97 Å². The van der Waals surface area contributed by atoms with Crippen LogP contribution in [-0.2, 0) is 9.53 Å². The molecule has 0 spiro atoms. The quantitative estimate of drug-likeness (QED) is 0.775. The molecule has 0 bridgehead atoms. The van der Waals surface area contributed by atoms with E-state index in [1.165, 1.54) is 7.11 Å². The molecule has 1 aromatic heterocycles. The number of nitrogens with zero attached hydrogens (tertiary/aromatic N) is 1. The summed E-state index contributed by atoms with van der Waals surface area (Å²) in [6.07, 6.45) is 1.68. The van der Waals surface area contributed by atoms with Crippen LogP contribution >= 0.6 is 0 Å². The second-order valence-electron chi connectivity index (χ2n) is 4.12. The molecule has 92 valence electrons. The third-order valence-electron chi connectivity index (χ3n) is 2.83. The van der Waals surface area contributed by atoms with Crippen LogP contribution in [-0.4, -0.2) is 18.1 Å². The van der Waals surface area contributed by atoms with Gasteiger partial charge in [0.2, 0.25) is 0 Å². The van der Waals surface area contributed by atoms with E-state index in [1.807, 2.05) is 49.4 Å². The summed E-state index contributed by atoms with van der Waals surface area (Å²) in [6.45, 7) is 2.01. The fourth-order valence-corrected chi connectivity index (χ4v) is 1.85. The van der Waals surface area contributed by atoms with Crippen molar-refractivity contribution < 1.29 is 9.53 Å². The van der Waals surface area contributed by atoms with E-state index < -0.39 is 5.92 Å². The van der Waals surface area contributed by atoms with Gasteiger partial charge in [0.1, 0.15) is 5.92 Å². The highest BCUT2D eigenvalue weighted by atomic mass is 16.5. The molecule has 0 aliphatic carbocycles. The van der Waals surface area contributed by atoms with E-state index in [4.69, 9.17) is 4.74 Å². The van der Waals surface area contributed by atoms with Gasteiger partial charge in [-0.3, -0.25) is 9.78 Å². The fourth-order valence-electron chi connectivity index (χ4n) is 1.85. The average Bonchev–Trinajstić information content (AvgIpc) is 2.42. The maximum atomic E-state index is 11.9. The highest BCUT2D eigenvalue weighted by Gasteiger charge is 2.24. The van der Waals surface area contributed by atoms with E-state index in [2.05, 4.69) is 4.98 Å². The predicted octanol–water partition coefficient (Wildman–Crippen LogP) is 2.69. The van der Waals surface area contributed by atoms with E-state index >= 15 is 0 Å². The van der Waals surface area contributed by atoms with Crippen molar-refractivity contribution in [3.8, 4) is 0 Å². The zero-order valence-electron chi connectivity index (χ0n) is 10.5. The van der Waals surface area contributed by atoms with Crippen LogP contribution in [0.4, 0.5) is 0 Å². The van der Waals surface area contributed by atoms with Gasteiger partial charge >= 0.3 is 5.97 Å². The monoisotopic (exact) mass is 241 g/mol. The number of benzene rings is 1. The highest BCUT2D eigenvalue weighted by Crippen LogP contribution is 2.24. The van der Waals surface area contributed by atoms with Crippen LogP contribution in [0.2, 0.25) is 0 Å². The number of ether oxygens (including phenoxy) is 1. The molecule has 0 amide bonds. The summed E-state index contributed by atoms with van der Waals surface area (Å²) in [5.41, 5.74) is 2.75. The molecule has 0 aliphatic rings. The molecule has 0 saturated carbocycles. The minimum atomic E-state index is -0.461. The number of aromatic nitrogens is 1. The highest BCUT2D eigenvalue weighted by molar-refractivity contribution is 5.81. The van der Waals surface area contributed by atoms with E-state index in [9.17, 15) is 4.79 Å². The molecule has 0 radical (unpaired) electrons. The standard InChI is InChI=1S/C15H15NO2/c1-11-6-8-12(9-7-11)14(15(17)18-2)13-5-3-4-10-16-13/h3-10,14H,1-2H3. The zero-order chi connectivity index (χ0) is 13.0. The van der Waals surface area contributed by atoms with Crippen molar-refractivity contribution in [2.45, 2.75) is 12.8 Å². The number of rotatable bonds is 3. The van der Waals surface area contributed by atoms with Crippen LogP contribution in [0.15, 0.2) is 48.7 Å². The lowest BCUT2D eigenvalue weighted by atomic mass is 9.94. The molecule has 1 atom stereocenters. The minimum absolute atomic E-state index is 0.294. The topological polar surface area (TPSA) is 39.2 Å². The van der Waals surface area contributed by atoms with Gasteiger partial charge < -0.3 is 4.74 Å². The molecule has 1 aromatic carbocycles. The molecule has 0 N–H and O–H groups in total. The fraction of sp³-hybridized carbons (Fsp3) is 0.200. The Labute approximate surface area is 106 Å². The molecule has 18 heavy (non-hydrogen) atoms. The molecule has 3 heteroatoms. The molecule has 3 nitrogen and oxygen atoms in total. The smallest absolute Gasteiger partial charge is 0.319 e. The number of aryl methyl sites for hydroxylation is 1.